The first-order valence-electron chi connectivity index (χ1n) is 7.88. The molecule has 4 nitrogen and oxygen atoms in total. The zero-order valence-corrected chi connectivity index (χ0v) is 15.0. The molecule has 0 radical (unpaired) electrons. The fraction of sp³-hybridized carbons (Fsp3) is 0.100. The molecule has 2 N–H and O–H groups in total. The number of rotatable bonds is 5. The molecule has 3 rings (SSSR count). The summed E-state index contributed by atoms with van der Waals surface area (Å²) in [5.41, 5.74) is 3.13. The lowest BCUT2D eigenvalue weighted by Crippen LogP contribution is -2.26. The van der Waals surface area contributed by atoms with E-state index in [9.17, 15) is 10.1 Å². The summed E-state index contributed by atoms with van der Waals surface area (Å²) in [6.45, 7) is 0.472. The number of nitrogens with one attached hydrogen (secondary N) is 2. The van der Waals surface area contributed by atoms with Gasteiger partial charge in [0.05, 0.1) is 0 Å². The number of aromatic amines is 1. The summed E-state index contributed by atoms with van der Waals surface area (Å²) in [4.78, 5) is 15.4. The smallest absolute Gasteiger partial charge is 0.261 e. The van der Waals surface area contributed by atoms with Crippen molar-refractivity contribution in [1.29, 1.82) is 5.26 Å². The summed E-state index contributed by atoms with van der Waals surface area (Å²) < 4.78 is 0.950. The lowest BCUT2D eigenvalue weighted by Gasteiger charge is -2.04. The van der Waals surface area contributed by atoms with Crippen molar-refractivity contribution in [1.82, 2.24) is 10.3 Å². The SMILES string of the molecule is N#C/C(=C/c1ccc(Br)cc1)C(=O)NCCc1c[nH]c2ccccc12. The number of H-pyrrole nitrogens is 1. The third-order valence-electron chi connectivity index (χ3n) is 3.90. The maximum absolute atomic E-state index is 12.2. The quantitative estimate of drug-likeness (QED) is 0.503. The highest BCUT2D eigenvalue weighted by Crippen LogP contribution is 2.18. The van der Waals surface area contributed by atoms with Crippen molar-refractivity contribution in [3.8, 4) is 6.07 Å². The Bertz CT molecular complexity index is 965. The lowest BCUT2D eigenvalue weighted by molar-refractivity contribution is -0.117. The van der Waals surface area contributed by atoms with E-state index in [1.165, 1.54) is 0 Å². The van der Waals surface area contributed by atoms with Gasteiger partial charge in [0.25, 0.3) is 5.91 Å². The number of hydrogen-bond donors (Lipinski definition) is 2. The molecule has 0 saturated carbocycles. The third kappa shape index (κ3) is 4.17. The van der Waals surface area contributed by atoms with E-state index in [1.807, 2.05) is 54.7 Å². The summed E-state index contributed by atoms with van der Waals surface area (Å²) in [7, 11) is 0. The van der Waals surface area contributed by atoms with E-state index in [0.717, 1.165) is 26.5 Å². The molecule has 0 saturated heterocycles. The van der Waals surface area contributed by atoms with Gasteiger partial charge in [0.2, 0.25) is 0 Å². The number of carbonyl (C=O) groups is 1. The van der Waals surface area contributed by atoms with Crippen LogP contribution in [0.2, 0.25) is 0 Å². The summed E-state index contributed by atoms with van der Waals surface area (Å²) in [5, 5.41) is 13.2. The molecule has 0 bridgehead atoms. The fourth-order valence-electron chi connectivity index (χ4n) is 2.62. The predicted octanol–water partition coefficient (Wildman–Crippen LogP) is 4.20. The van der Waals surface area contributed by atoms with Crippen LogP contribution in [0.1, 0.15) is 11.1 Å². The summed E-state index contributed by atoms with van der Waals surface area (Å²) in [6.07, 6.45) is 4.25. The molecule has 0 spiro atoms. The number of nitriles is 1. The molecule has 3 aromatic rings. The Morgan fingerprint density at radius 3 is 2.72 bits per heavy atom. The van der Waals surface area contributed by atoms with Crippen molar-refractivity contribution in [3.63, 3.8) is 0 Å². The highest BCUT2D eigenvalue weighted by atomic mass is 79.9. The van der Waals surface area contributed by atoms with Crippen LogP contribution in [-0.4, -0.2) is 17.4 Å². The number of benzene rings is 2. The number of hydrogen-bond acceptors (Lipinski definition) is 2. The highest BCUT2D eigenvalue weighted by molar-refractivity contribution is 9.10. The van der Waals surface area contributed by atoms with Crippen LogP contribution in [0.3, 0.4) is 0 Å². The number of fused-ring (bicyclic) bond motifs is 1. The Kier molecular flexibility index (Phi) is 5.32. The average molecular weight is 394 g/mol. The zero-order valence-electron chi connectivity index (χ0n) is 13.4. The Hall–Kier alpha value is -2.84. The van der Waals surface area contributed by atoms with Gasteiger partial charge >= 0.3 is 0 Å². The van der Waals surface area contributed by atoms with Crippen LogP contribution in [0.15, 0.2) is 64.8 Å². The van der Waals surface area contributed by atoms with Crippen molar-refractivity contribution >= 4 is 38.8 Å². The van der Waals surface area contributed by atoms with E-state index < -0.39 is 0 Å². The van der Waals surface area contributed by atoms with Crippen molar-refractivity contribution in [3.05, 3.63) is 75.9 Å². The first-order valence-corrected chi connectivity index (χ1v) is 8.67. The second kappa shape index (κ2) is 7.82. The number of para-hydroxylation sites is 1. The van der Waals surface area contributed by atoms with Crippen LogP contribution < -0.4 is 5.32 Å². The highest BCUT2D eigenvalue weighted by Gasteiger charge is 2.09. The van der Waals surface area contributed by atoms with E-state index in [0.29, 0.717) is 13.0 Å². The van der Waals surface area contributed by atoms with Crippen LogP contribution >= 0.6 is 15.9 Å². The van der Waals surface area contributed by atoms with Crippen LogP contribution in [-0.2, 0) is 11.2 Å². The molecular weight excluding hydrogens is 378 g/mol. The molecule has 1 heterocycles. The maximum Gasteiger partial charge on any atom is 0.261 e. The van der Waals surface area contributed by atoms with Crippen molar-refractivity contribution in [2.75, 3.05) is 6.54 Å². The largest absolute Gasteiger partial charge is 0.361 e. The van der Waals surface area contributed by atoms with Crippen LogP contribution in [0.25, 0.3) is 17.0 Å². The topological polar surface area (TPSA) is 68.7 Å². The van der Waals surface area contributed by atoms with Crippen molar-refractivity contribution in [2.24, 2.45) is 0 Å². The first kappa shape index (κ1) is 17.0. The number of halogens is 1. The molecule has 25 heavy (non-hydrogen) atoms. The summed E-state index contributed by atoms with van der Waals surface area (Å²) in [5.74, 6) is -0.356. The minimum atomic E-state index is -0.356. The summed E-state index contributed by atoms with van der Waals surface area (Å²) >= 11 is 3.36. The normalized spacial score (nSPS) is 11.3. The number of amides is 1. The van der Waals surface area contributed by atoms with E-state index >= 15 is 0 Å². The Morgan fingerprint density at radius 1 is 1.20 bits per heavy atom. The van der Waals surface area contributed by atoms with Crippen LogP contribution in [0, 0.1) is 11.3 Å². The molecule has 1 aromatic heterocycles. The lowest BCUT2D eigenvalue weighted by atomic mass is 10.1. The minimum absolute atomic E-state index is 0.0984. The standard InChI is InChI=1S/C20H16BrN3O/c21-17-7-5-14(6-8-17)11-16(12-22)20(25)23-10-9-15-13-24-19-4-2-1-3-18(15)19/h1-8,11,13,24H,9-10H2,(H,23,25)/b16-11-. The molecule has 0 fully saturated rings. The van der Waals surface area contributed by atoms with Gasteiger partial charge in [0, 0.05) is 28.1 Å². The van der Waals surface area contributed by atoms with E-state index in [4.69, 9.17) is 0 Å². The third-order valence-corrected chi connectivity index (χ3v) is 4.43. The zero-order chi connectivity index (χ0) is 17.6. The van der Waals surface area contributed by atoms with Gasteiger partial charge in [-0.3, -0.25) is 4.79 Å². The molecular formula is C20H16BrN3O. The maximum atomic E-state index is 12.2. The van der Waals surface area contributed by atoms with Gasteiger partial charge in [-0.05, 0) is 41.8 Å². The van der Waals surface area contributed by atoms with Crippen molar-refractivity contribution < 1.29 is 4.79 Å². The van der Waals surface area contributed by atoms with E-state index in [1.54, 1.807) is 6.08 Å². The average Bonchev–Trinajstić information content (AvgIpc) is 3.04. The molecule has 2 aromatic carbocycles. The molecule has 124 valence electrons. The van der Waals surface area contributed by atoms with E-state index in [2.05, 4.69) is 32.3 Å². The molecule has 0 aliphatic rings. The van der Waals surface area contributed by atoms with Gasteiger partial charge in [-0.2, -0.15) is 5.26 Å². The second-order valence-electron chi connectivity index (χ2n) is 5.59. The fourth-order valence-corrected chi connectivity index (χ4v) is 2.88. The molecule has 5 heteroatoms. The number of nitrogens with zero attached hydrogens (tertiary/aromatic N) is 1. The van der Waals surface area contributed by atoms with Gasteiger partial charge in [0.15, 0.2) is 0 Å². The van der Waals surface area contributed by atoms with Gasteiger partial charge < -0.3 is 10.3 Å². The van der Waals surface area contributed by atoms with Gasteiger partial charge in [-0.25, -0.2) is 0 Å². The molecule has 1 amide bonds. The van der Waals surface area contributed by atoms with Crippen LogP contribution in [0.4, 0.5) is 0 Å². The van der Waals surface area contributed by atoms with E-state index in [-0.39, 0.29) is 11.5 Å². The second-order valence-corrected chi connectivity index (χ2v) is 6.50. The molecule has 0 aliphatic carbocycles. The minimum Gasteiger partial charge on any atom is -0.361 e. The molecule has 0 unspecified atom stereocenters. The Balaban J connectivity index is 1.63. The number of carbonyl (C=O) groups excluding carboxylic acids is 1. The summed E-state index contributed by atoms with van der Waals surface area (Å²) in [6, 6.07) is 17.5. The first-order chi connectivity index (χ1) is 12.2. The van der Waals surface area contributed by atoms with Gasteiger partial charge in [-0.1, -0.05) is 46.3 Å². The monoisotopic (exact) mass is 393 g/mol. The Labute approximate surface area is 154 Å². The van der Waals surface area contributed by atoms with Gasteiger partial charge in [0.1, 0.15) is 11.6 Å². The van der Waals surface area contributed by atoms with Gasteiger partial charge in [-0.15, -0.1) is 0 Å². The molecule has 0 atom stereocenters. The predicted molar refractivity (Wildman–Crippen MR) is 103 cm³/mol. The van der Waals surface area contributed by atoms with Crippen LogP contribution in [0.5, 0.6) is 0 Å². The number of aromatic nitrogens is 1. The van der Waals surface area contributed by atoms with Crippen molar-refractivity contribution in [2.45, 2.75) is 6.42 Å². The molecule has 0 aliphatic heterocycles. The Morgan fingerprint density at radius 2 is 1.96 bits per heavy atom.